The number of carboxylic acids is 1. The summed E-state index contributed by atoms with van der Waals surface area (Å²) in [5, 5.41) is 20.5. The van der Waals surface area contributed by atoms with E-state index in [0.717, 1.165) is 19.3 Å². The third-order valence-corrected chi connectivity index (χ3v) is 9.17. The Labute approximate surface area is 245 Å². The number of likely N-dealkylation sites (tertiary alicyclic amines) is 1. The molecule has 1 saturated carbocycles. The molecular weight excluding hydrogens is 532 g/mol. The fourth-order valence-electron chi connectivity index (χ4n) is 7.08. The van der Waals surface area contributed by atoms with Gasteiger partial charge in [0.1, 0.15) is 22.8 Å². The fourth-order valence-corrected chi connectivity index (χ4v) is 7.08. The van der Waals surface area contributed by atoms with Crippen LogP contribution in [0, 0.1) is 37.0 Å². The van der Waals surface area contributed by atoms with Gasteiger partial charge >= 0.3 is 5.97 Å². The van der Waals surface area contributed by atoms with Gasteiger partial charge in [0.15, 0.2) is 5.78 Å². The quantitative estimate of drug-likeness (QED) is 0.329. The van der Waals surface area contributed by atoms with Crippen LogP contribution in [0.25, 0.3) is 0 Å². The van der Waals surface area contributed by atoms with Crippen LogP contribution in [0.4, 0.5) is 0 Å². The Hall–Kier alpha value is -4.38. The Morgan fingerprint density at radius 2 is 1.62 bits per heavy atom. The zero-order valence-electron chi connectivity index (χ0n) is 24.4. The number of furan rings is 1. The van der Waals surface area contributed by atoms with Crippen LogP contribution in [0.5, 0.6) is 5.75 Å². The first-order valence-corrected chi connectivity index (χ1v) is 14.4. The van der Waals surface area contributed by atoms with Crippen LogP contribution in [-0.4, -0.2) is 40.3 Å². The third kappa shape index (κ3) is 4.87. The van der Waals surface area contributed by atoms with Gasteiger partial charge in [-0.3, -0.25) is 9.59 Å². The number of rotatable bonds is 7. The summed E-state index contributed by atoms with van der Waals surface area (Å²) in [5.41, 5.74) is 0.273. The average molecular weight is 569 g/mol. The van der Waals surface area contributed by atoms with Gasteiger partial charge in [0.25, 0.3) is 0 Å². The first kappa shape index (κ1) is 29.1. The van der Waals surface area contributed by atoms with Crippen molar-refractivity contribution in [2.75, 3.05) is 7.11 Å². The van der Waals surface area contributed by atoms with Crippen LogP contribution in [0.2, 0.25) is 0 Å². The van der Waals surface area contributed by atoms with E-state index in [-0.39, 0.29) is 17.6 Å². The molecule has 0 radical (unpaired) electrons. The third-order valence-electron chi connectivity index (χ3n) is 9.17. The standard InChI is InChI=1S/C34H36N2O6/c1-20-18-27(21(2)42-20)31(37)28-29(23-14-16-26(41-4)17-15-23)34(3,33(39)40)36(32(38)25-8-6-5-7-9-25)30(28)24-12-10-22(19-35)11-13-24/h10-18,25,28-30H,5-9H2,1-4H3,(H,39,40). The molecule has 1 aliphatic heterocycles. The van der Waals surface area contributed by atoms with E-state index in [1.54, 1.807) is 82.5 Å². The predicted molar refractivity (Wildman–Crippen MR) is 155 cm³/mol. The molecule has 42 heavy (non-hydrogen) atoms. The number of carbonyl (C=O) groups excluding carboxylic acids is 2. The zero-order valence-corrected chi connectivity index (χ0v) is 24.4. The molecule has 4 atom stereocenters. The van der Waals surface area contributed by atoms with Crippen LogP contribution in [0.15, 0.2) is 59.0 Å². The molecule has 1 N–H and O–H groups in total. The molecule has 1 amide bonds. The molecule has 0 bridgehead atoms. The molecular formula is C34H36N2O6. The second-order valence-electron chi connectivity index (χ2n) is 11.6. The molecule has 2 aliphatic rings. The number of hydrogen-bond acceptors (Lipinski definition) is 6. The van der Waals surface area contributed by atoms with Crippen molar-refractivity contribution in [3.05, 3.63) is 88.4 Å². The molecule has 2 heterocycles. The largest absolute Gasteiger partial charge is 0.497 e. The van der Waals surface area contributed by atoms with Gasteiger partial charge in [-0.05, 0) is 75.1 Å². The number of Topliss-reactive ketones (excluding diaryl/α,β-unsaturated/α-hetero) is 1. The minimum atomic E-state index is -1.76. The van der Waals surface area contributed by atoms with Crippen LogP contribution in [-0.2, 0) is 9.59 Å². The highest BCUT2D eigenvalue weighted by molar-refractivity contribution is 6.03. The van der Waals surface area contributed by atoms with Crippen LogP contribution in [0.1, 0.15) is 89.6 Å². The van der Waals surface area contributed by atoms with E-state index in [0.29, 0.717) is 52.4 Å². The number of carbonyl (C=O) groups is 3. The van der Waals surface area contributed by atoms with Crippen molar-refractivity contribution in [1.29, 1.82) is 5.26 Å². The number of benzene rings is 2. The average Bonchev–Trinajstić information content (AvgIpc) is 3.50. The number of nitrogens with zero attached hydrogens (tertiary/aromatic N) is 2. The van der Waals surface area contributed by atoms with Crippen molar-refractivity contribution in [2.24, 2.45) is 11.8 Å². The number of ether oxygens (including phenoxy) is 1. The molecule has 2 fully saturated rings. The number of nitriles is 1. The smallest absolute Gasteiger partial charge is 0.330 e. The van der Waals surface area contributed by atoms with E-state index in [1.165, 1.54) is 4.90 Å². The van der Waals surface area contributed by atoms with Gasteiger partial charge in [-0.15, -0.1) is 0 Å². The maximum atomic E-state index is 14.7. The van der Waals surface area contributed by atoms with Crippen molar-refractivity contribution < 1.29 is 28.6 Å². The Bertz CT molecular complexity index is 1530. The lowest BCUT2D eigenvalue weighted by Gasteiger charge is -2.40. The van der Waals surface area contributed by atoms with E-state index in [1.807, 2.05) is 0 Å². The predicted octanol–water partition coefficient (Wildman–Crippen LogP) is 6.37. The molecule has 2 aromatic carbocycles. The molecule has 8 nitrogen and oxygen atoms in total. The van der Waals surface area contributed by atoms with Crippen molar-refractivity contribution in [2.45, 2.75) is 70.4 Å². The molecule has 1 aromatic heterocycles. The van der Waals surface area contributed by atoms with Crippen LogP contribution >= 0.6 is 0 Å². The second kappa shape index (κ2) is 11.5. The highest BCUT2D eigenvalue weighted by Gasteiger charge is 2.65. The number of methoxy groups -OCH3 is 1. The maximum absolute atomic E-state index is 14.7. The van der Waals surface area contributed by atoms with Gasteiger partial charge in [-0.1, -0.05) is 43.5 Å². The highest BCUT2D eigenvalue weighted by Crippen LogP contribution is 2.57. The van der Waals surface area contributed by atoms with Crippen molar-refractivity contribution in [1.82, 2.24) is 4.90 Å². The summed E-state index contributed by atoms with van der Waals surface area (Å²) >= 11 is 0. The van der Waals surface area contributed by atoms with Gasteiger partial charge < -0.3 is 19.2 Å². The lowest BCUT2D eigenvalue weighted by Crippen LogP contribution is -2.55. The second-order valence-corrected chi connectivity index (χ2v) is 11.6. The summed E-state index contributed by atoms with van der Waals surface area (Å²) < 4.78 is 11.1. The fraction of sp³-hybridized carbons (Fsp3) is 0.412. The topological polar surface area (TPSA) is 121 Å². The summed E-state index contributed by atoms with van der Waals surface area (Å²) in [6, 6.07) is 16.7. The minimum Gasteiger partial charge on any atom is -0.497 e. The van der Waals surface area contributed by atoms with Gasteiger partial charge in [0.2, 0.25) is 5.91 Å². The molecule has 5 rings (SSSR count). The van der Waals surface area contributed by atoms with E-state index >= 15 is 0 Å². The SMILES string of the molecule is COc1ccc(C2C(C(=O)c3cc(C)oc3C)C(c3ccc(C#N)cc3)N(C(=O)C3CCCCC3)C2(C)C(=O)O)cc1. The number of amides is 1. The summed E-state index contributed by atoms with van der Waals surface area (Å²) in [6.45, 7) is 5.05. The van der Waals surface area contributed by atoms with Crippen molar-refractivity contribution in [3.8, 4) is 11.8 Å². The van der Waals surface area contributed by atoms with Crippen molar-refractivity contribution >= 4 is 17.7 Å². The molecule has 3 aromatic rings. The Kier molecular flexibility index (Phi) is 7.96. The van der Waals surface area contributed by atoms with Crippen LogP contribution in [0.3, 0.4) is 0 Å². The van der Waals surface area contributed by atoms with Gasteiger partial charge in [-0.2, -0.15) is 5.26 Å². The molecule has 8 heteroatoms. The highest BCUT2D eigenvalue weighted by atomic mass is 16.5. The van der Waals surface area contributed by atoms with Gasteiger partial charge in [-0.25, -0.2) is 4.79 Å². The zero-order chi connectivity index (χ0) is 30.2. The first-order valence-electron chi connectivity index (χ1n) is 14.4. The normalized spacial score (nSPS) is 24.3. The summed E-state index contributed by atoms with van der Waals surface area (Å²) in [5.74, 6) is -2.28. The molecule has 1 saturated heterocycles. The maximum Gasteiger partial charge on any atom is 0.330 e. The van der Waals surface area contributed by atoms with Gasteiger partial charge in [0.05, 0.1) is 36.3 Å². The number of ketones is 1. The van der Waals surface area contributed by atoms with E-state index < -0.39 is 29.4 Å². The number of aliphatic carboxylic acids is 1. The molecule has 1 aliphatic carbocycles. The lowest BCUT2D eigenvalue weighted by molar-refractivity contribution is -0.160. The molecule has 4 unspecified atom stereocenters. The number of aryl methyl sites for hydroxylation is 2. The molecule has 218 valence electrons. The summed E-state index contributed by atoms with van der Waals surface area (Å²) in [7, 11) is 1.55. The van der Waals surface area contributed by atoms with Crippen molar-refractivity contribution in [3.63, 3.8) is 0 Å². The molecule has 0 spiro atoms. The lowest BCUT2D eigenvalue weighted by atomic mass is 9.71. The monoisotopic (exact) mass is 568 g/mol. The number of hydrogen-bond donors (Lipinski definition) is 1. The summed E-state index contributed by atoms with van der Waals surface area (Å²) in [4.78, 5) is 44.2. The van der Waals surface area contributed by atoms with Crippen LogP contribution < -0.4 is 4.74 Å². The van der Waals surface area contributed by atoms with E-state index in [9.17, 15) is 24.8 Å². The Morgan fingerprint density at radius 3 is 2.14 bits per heavy atom. The minimum absolute atomic E-state index is 0.247. The number of carboxylic acid groups (broad SMARTS) is 1. The Morgan fingerprint density at radius 1 is 1.00 bits per heavy atom. The first-order chi connectivity index (χ1) is 20.1. The van der Waals surface area contributed by atoms with E-state index in [4.69, 9.17) is 9.15 Å². The Balaban J connectivity index is 1.79. The summed E-state index contributed by atoms with van der Waals surface area (Å²) in [6.07, 6.45) is 4.18. The van der Waals surface area contributed by atoms with Gasteiger partial charge in [0, 0.05) is 11.8 Å². The van der Waals surface area contributed by atoms with E-state index in [2.05, 4.69) is 6.07 Å².